The van der Waals surface area contributed by atoms with Gasteiger partial charge in [0.2, 0.25) is 5.91 Å². The van der Waals surface area contributed by atoms with E-state index in [0.29, 0.717) is 0 Å². The van der Waals surface area contributed by atoms with Crippen molar-refractivity contribution in [3.8, 4) is 0 Å². The van der Waals surface area contributed by atoms with Crippen molar-refractivity contribution < 1.29 is 4.79 Å². The summed E-state index contributed by atoms with van der Waals surface area (Å²) in [5.41, 5.74) is 5.94. The van der Waals surface area contributed by atoms with Gasteiger partial charge >= 0.3 is 0 Å². The molecular formula is C13H24N2O. The quantitative estimate of drug-likeness (QED) is 0.751. The Labute approximate surface area is 98.2 Å². The first-order valence-corrected chi connectivity index (χ1v) is 6.32. The zero-order valence-corrected chi connectivity index (χ0v) is 10.9. The Morgan fingerprint density at radius 2 is 1.56 bits per heavy atom. The van der Waals surface area contributed by atoms with Crippen LogP contribution in [0.2, 0.25) is 0 Å². The molecule has 0 unspecified atom stereocenters. The van der Waals surface area contributed by atoms with Crippen LogP contribution in [0, 0.1) is 10.8 Å². The van der Waals surface area contributed by atoms with Crippen molar-refractivity contribution in [2.45, 2.75) is 65.0 Å². The molecule has 0 aromatic carbocycles. The van der Waals surface area contributed by atoms with Gasteiger partial charge in [0.1, 0.15) is 0 Å². The molecular weight excluding hydrogens is 200 g/mol. The van der Waals surface area contributed by atoms with Crippen LogP contribution in [-0.4, -0.2) is 17.5 Å². The molecule has 0 saturated heterocycles. The zero-order valence-electron chi connectivity index (χ0n) is 10.9. The summed E-state index contributed by atoms with van der Waals surface area (Å²) in [5, 5.41) is 3.15. The van der Waals surface area contributed by atoms with Crippen LogP contribution < -0.4 is 11.1 Å². The fraction of sp³-hybridized carbons (Fsp3) is 0.923. The van der Waals surface area contributed by atoms with Crippen molar-refractivity contribution in [3.63, 3.8) is 0 Å². The average molecular weight is 224 g/mol. The minimum atomic E-state index is -0.589. The molecule has 0 atom stereocenters. The molecule has 3 nitrogen and oxygen atoms in total. The third kappa shape index (κ3) is 1.48. The predicted molar refractivity (Wildman–Crippen MR) is 64.9 cm³/mol. The summed E-state index contributed by atoms with van der Waals surface area (Å²) in [5.74, 6) is 0.0636. The number of nitrogens with two attached hydrogens (primary N) is 1. The Morgan fingerprint density at radius 3 is 1.94 bits per heavy atom. The highest BCUT2D eigenvalue weighted by Gasteiger charge is 2.66. The van der Waals surface area contributed by atoms with Gasteiger partial charge in [-0.1, -0.05) is 40.5 Å². The molecule has 0 radical (unpaired) electrons. The van der Waals surface area contributed by atoms with Gasteiger partial charge in [0, 0.05) is 6.04 Å². The first-order valence-electron chi connectivity index (χ1n) is 6.32. The standard InChI is InChI=1S/C13H24N2O/c1-11(2)9(12(11,3)4)15-10(16)13(14)7-5-6-8-13/h9H,5-8,14H2,1-4H3,(H,15,16). The number of carbonyl (C=O) groups is 1. The van der Waals surface area contributed by atoms with Crippen LogP contribution in [0.3, 0.4) is 0 Å². The van der Waals surface area contributed by atoms with Gasteiger partial charge in [0.25, 0.3) is 0 Å². The van der Waals surface area contributed by atoms with Crippen LogP contribution in [0.4, 0.5) is 0 Å². The van der Waals surface area contributed by atoms with Gasteiger partial charge in [-0.05, 0) is 23.7 Å². The topological polar surface area (TPSA) is 55.1 Å². The fourth-order valence-corrected chi connectivity index (χ4v) is 3.06. The molecule has 0 bridgehead atoms. The molecule has 3 N–H and O–H groups in total. The molecule has 0 aromatic rings. The van der Waals surface area contributed by atoms with E-state index in [9.17, 15) is 4.79 Å². The fourth-order valence-electron chi connectivity index (χ4n) is 3.06. The molecule has 2 rings (SSSR count). The number of amides is 1. The molecule has 2 saturated carbocycles. The average Bonchev–Trinajstić information content (AvgIpc) is 2.59. The van der Waals surface area contributed by atoms with Gasteiger partial charge in [0.15, 0.2) is 0 Å². The van der Waals surface area contributed by atoms with Crippen molar-refractivity contribution >= 4 is 5.91 Å². The van der Waals surface area contributed by atoms with Gasteiger partial charge < -0.3 is 11.1 Å². The number of nitrogens with one attached hydrogen (secondary N) is 1. The second kappa shape index (κ2) is 3.22. The molecule has 16 heavy (non-hydrogen) atoms. The predicted octanol–water partition coefficient (Wildman–Crippen LogP) is 1.81. The normalized spacial score (nSPS) is 30.1. The van der Waals surface area contributed by atoms with Crippen LogP contribution in [0.15, 0.2) is 0 Å². The monoisotopic (exact) mass is 224 g/mol. The lowest BCUT2D eigenvalue weighted by Gasteiger charge is -2.23. The van der Waals surface area contributed by atoms with E-state index in [-0.39, 0.29) is 22.8 Å². The maximum absolute atomic E-state index is 12.2. The number of hydrogen-bond acceptors (Lipinski definition) is 2. The number of carbonyl (C=O) groups excluding carboxylic acids is 1. The van der Waals surface area contributed by atoms with Gasteiger partial charge in [-0.2, -0.15) is 0 Å². The van der Waals surface area contributed by atoms with E-state index in [1.54, 1.807) is 0 Å². The van der Waals surface area contributed by atoms with Crippen molar-refractivity contribution in [1.29, 1.82) is 0 Å². The van der Waals surface area contributed by atoms with Crippen molar-refractivity contribution in [3.05, 3.63) is 0 Å². The molecule has 2 fully saturated rings. The highest BCUT2D eigenvalue weighted by molar-refractivity contribution is 5.87. The number of rotatable bonds is 2. The molecule has 0 aliphatic heterocycles. The van der Waals surface area contributed by atoms with E-state index >= 15 is 0 Å². The molecule has 2 aliphatic carbocycles. The van der Waals surface area contributed by atoms with Gasteiger partial charge in [-0.25, -0.2) is 0 Å². The van der Waals surface area contributed by atoms with Gasteiger partial charge in [-0.3, -0.25) is 4.79 Å². The van der Waals surface area contributed by atoms with Crippen LogP contribution in [-0.2, 0) is 4.79 Å². The van der Waals surface area contributed by atoms with E-state index in [4.69, 9.17) is 5.73 Å². The van der Waals surface area contributed by atoms with E-state index in [1.165, 1.54) is 0 Å². The second-order valence-electron chi connectivity index (χ2n) is 6.71. The first-order chi connectivity index (χ1) is 7.22. The summed E-state index contributed by atoms with van der Waals surface area (Å²) < 4.78 is 0. The molecule has 3 heteroatoms. The summed E-state index contributed by atoms with van der Waals surface area (Å²) in [7, 11) is 0. The van der Waals surface area contributed by atoms with Crippen LogP contribution >= 0.6 is 0 Å². The maximum Gasteiger partial charge on any atom is 0.240 e. The first kappa shape index (κ1) is 11.9. The summed E-state index contributed by atoms with van der Waals surface area (Å²) >= 11 is 0. The third-order valence-corrected chi connectivity index (χ3v) is 5.24. The van der Waals surface area contributed by atoms with Crippen molar-refractivity contribution in [2.75, 3.05) is 0 Å². The van der Waals surface area contributed by atoms with Gasteiger partial charge in [-0.15, -0.1) is 0 Å². The van der Waals surface area contributed by atoms with E-state index < -0.39 is 5.54 Å². The highest BCUT2D eigenvalue weighted by atomic mass is 16.2. The number of hydrogen-bond donors (Lipinski definition) is 2. The second-order valence-corrected chi connectivity index (χ2v) is 6.71. The SMILES string of the molecule is CC1(C)C(NC(=O)C2(N)CCCC2)C1(C)C. The van der Waals surface area contributed by atoms with E-state index in [0.717, 1.165) is 25.7 Å². The van der Waals surface area contributed by atoms with Crippen LogP contribution in [0.5, 0.6) is 0 Å². The lowest BCUT2D eigenvalue weighted by Crippen LogP contribution is -2.53. The minimum absolute atomic E-state index is 0.0636. The van der Waals surface area contributed by atoms with E-state index in [1.807, 2.05) is 0 Å². The van der Waals surface area contributed by atoms with Gasteiger partial charge in [0.05, 0.1) is 5.54 Å². The zero-order chi connectivity index (χ0) is 12.2. The Balaban J connectivity index is 2.00. The van der Waals surface area contributed by atoms with Crippen LogP contribution in [0.25, 0.3) is 0 Å². The maximum atomic E-state index is 12.2. The minimum Gasteiger partial charge on any atom is -0.351 e. The van der Waals surface area contributed by atoms with Crippen molar-refractivity contribution in [2.24, 2.45) is 16.6 Å². The Kier molecular flexibility index (Phi) is 2.40. The Bertz CT molecular complexity index is 300. The Hall–Kier alpha value is -0.570. The largest absolute Gasteiger partial charge is 0.351 e. The molecule has 92 valence electrons. The smallest absolute Gasteiger partial charge is 0.240 e. The van der Waals surface area contributed by atoms with Crippen molar-refractivity contribution in [1.82, 2.24) is 5.32 Å². The van der Waals surface area contributed by atoms with Crippen LogP contribution in [0.1, 0.15) is 53.4 Å². The lowest BCUT2D eigenvalue weighted by atomic mass is 9.98. The summed E-state index contributed by atoms with van der Waals surface area (Å²) in [6.45, 7) is 8.82. The molecule has 0 spiro atoms. The highest BCUT2D eigenvalue weighted by Crippen LogP contribution is 2.62. The molecule has 0 heterocycles. The third-order valence-electron chi connectivity index (χ3n) is 5.24. The Morgan fingerprint density at radius 1 is 1.12 bits per heavy atom. The van der Waals surface area contributed by atoms with E-state index in [2.05, 4.69) is 33.0 Å². The summed E-state index contributed by atoms with van der Waals surface area (Å²) in [6, 6.07) is 0.272. The summed E-state index contributed by atoms with van der Waals surface area (Å²) in [6.07, 6.45) is 3.85. The summed E-state index contributed by atoms with van der Waals surface area (Å²) in [4.78, 5) is 12.2. The lowest BCUT2D eigenvalue weighted by molar-refractivity contribution is -0.126. The molecule has 0 aromatic heterocycles. The molecule has 1 amide bonds. The molecule has 2 aliphatic rings.